The van der Waals surface area contributed by atoms with Gasteiger partial charge in [-0.1, -0.05) is 134 Å². The fourth-order valence-corrected chi connectivity index (χ4v) is 9.89. The van der Waals surface area contributed by atoms with E-state index >= 15 is 0 Å². The Kier molecular flexibility index (Phi) is 7.30. The first-order valence-electron chi connectivity index (χ1n) is 17.4. The first-order chi connectivity index (χ1) is 25.2. The Hall–Kier alpha value is -5.61. The van der Waals surface area contributed by atoms with E-state index in [2.05, 4.69) is 181 Å². The summed E-state index contributed by atoms with van der Waals surface area (Å²) < 4.78 is 2.60. The summed E-state index contributed by atoms with van der Waals surface area (Å²) in [5.74, 6) is 0.315. The zero-order chi connectivity index (χ0) is 33.9. The summed E-state index contributed by atoms with van der Waals surface area (Å²) in [6, 6.07) is 51.2. The highest BCUT2D eigenvalue weighted by atomic mass is 32.2. The summed E-state index contributed by atoms with van der Waals surface area (Å²) in [7, 11) is 0. The molecule has 1 atom stereocenters. The molecule has 0 fully saturated rings. The number of rotatable bonds is 4. The number of thiophene rings is 1. The molecule has 0 spiro atoms. The van der Waals surface area contributed by atoms with E-state index in [0.29, 0.717) is 5.92 Å². The van der Waals surface area contributed by atoms with Crippen molar-refractivity contribution >= 4 is 87.8 Å². The maximum absolute atomic E-state index is 4.53. The Bertz CT molecular complexity index is 2780. The Balaban J connectivity index is 1.04. The zero-order valence-electron chi connectivity index (χ0n) is 27.9. The molecular formula is C48H33NS2. The molecule has 0 amide bonds. The van der Waals surface area contributed by atoms with E-state index in [1.165, 1.54) is 68.9 Å². The van der Waals surface area contributed by atoms with Crippen LogP contribution in [0.2, 0.25) is 0 Å². The van der Waals surface area contributed by atoms with Gasteiger partial charge in [-0.25, -0.2) is 0 Å². The van der Waals surface area contributed by atoms with E-state index in [1.807, 2.05) is 11.3 Å². The molecule has 0 radical (unpaired) electrons. The second-order valence-electron chi connectivity index (χ2n) is 13.4. The van der Waals surface area contributed by atoms with Crippen LogP contribution in [0.5, 0.6) is 0 Å². The van der Waals surface area contributed by atoms with Crippen LogP contribution in [0.3, 0.4) is 0 Å². The molecule has 0 N–H and O–H groups in total. The van der Waals surface area contributed by atoms with E-state index in [4.69, 9.17) is 0 Å². The topological polar surface area (TPSA) is 3.24 Å². The van der Waals surface area contributed by atoms with Crippen LogP contribution in [-0.2, 0) is 6.42 Å². The molecule has 0 bridgehead atoms. The van der Waals surface area contributed by atoms with Gasteiger partial charge in [-0.2, -0.15) is 0 Å². The third kappa shape index (κ3) is 5.24. The van der Waals surface area contributed by atoms with Crippen LogP contribution in [0, 0.1) is 0 Å². The summed E-state index contributed by atoms with van der Waals surface area (Å²) in [6.45, 7) is 4.53. The largest absolute Gasteiger partial charge is 0.310 e. The normalized spacial score (nSPS) is 17.1. The minimum atomic E-state index is 0.315. The second-order valence-corrected chi connectivity index (χ2v) is 15.4. The molecule has 7 aromatic carbocycles. The maximum atomic E-state index is 4.53. The minimum Gasteiger partial charge on any atom is -0.310 e. The quantitative estimate of drug-likeness (QED) is 0.169. The van der Waals surface area contributed by atoms with Crippen LogP contribution in [0.1, 0.15) is 28.2 Å². The van der Waals surface area contributed by atoms with Crippen LogP contribution in [-0.4, -0.2) is 0 Å². The number of hydrogen-bond acceptors (Lipinski definition) is 3. The van der Waals surface area contributed by atoms with Gasteiger partial charge >= 0.3 is 0 Å². The summed E-state index contributed by atoms with van der Waals surface area (Å²) >= 11 is 3.60. The first-order valence-corrected chi connectivity index (χ1v) is 19.1. The van der Waals surface area contributed by atoms with Gasteiger partial charge in [0, 0.05) is 48.1 Å². The maximum Gasteiger partial charge on any atom is 0.0476 e. The highest BCUT2D eigenvalue weighted by Crippen LogP contribution is 2.42. The van der Waals surface area contributed by atoms with Crippen molar-refractivity contribution in [2.75, 3.05) is 4.90 Å². The number of thioether (sulfide) groups is 1. The number of benzene rings is 7. The standard InChI is InChI=1S/C48H33NS2/c1-31-28-39(26-27-50-45-12-6-4-9-40(31)45)49(38-23-25-44-43-11-5-7-13-46(43)51-47(44)30-38)37-21-18-32(19-22-37)35-20-24-42-36(29-35)17-16-34-15-14-33-8-2-3-10-41(33)48(34)42/h2-28,30,35H,1,29H2/b27-26-,39-28+. The van der Waals surface area contributed by atoms with Crippen molar-refractivity contribution < 1.29 is 0 Å². The molecule has 3 heteroatoms. The second kappa shape index (κ2) is 12.3. The number of fused-ring (bicyclic) bond motifs is 9. The molecular weight excluding hydrogens is 655 g/mol. The average molecular weight is 688 g/mol. The molecule has 1 unspecified atom stereocenters. The molecule has 10 rings (SSSR count). The monoisotopic (exact) mass is 687 g/mol. The number of nitrogens with zero attached hydrogens (tertiary/aromatic N) is 1. The number of allylic oxidation sites excluding steroid dienone is 4. The van der Waals surface area contributed by atoms with Crippen molar-refractivity contribution in [1.82, 2.24) is 0 Å². The van der Waals surface area contributed by atoms with Crippen molar-refractivity contribution in [3.05, 3.63) is 198 Å². The lowest BCUT2D eigenvalue weighted by Crippen LogP contribution is -2.16. The van der Waals surface area contributed by atoms with E-state index < -0.39 is 0 Å². The molecule has 8 aromatic rings. The van der Waals surface area contributed by atoms with Gasteiger partial charge in [0.25, 0.3) is 0 Å². The molecule has 1 aliphatic heterocycles. The molecule has 1 aliphatic carbocycles. The third-order valence-electron chi connectivity index (χ3n) is 10.4. The van der Waals surface area contributed by atoms with Gasteiger partial charge in [0.1, 0.15) is 0 Å². The Morgan fingerprint density at radius 1 is 0.627 bits per heavy atom. The van der Waals surface area contributed by atoms with Gasteiger partial charge in [0.2, 0.25) is 0 Å². The first kappa shape index (κ1) is 30.2. The summed E-state index contributed by atoms with van der Waals surface area (Å²) in [6.07, 6.45) is 10.2. The Morgan fingerprint density at radius 3 is 2.29 bits per heavy atom. The molecule has 242 valence electrons. The van der Waals surface area contributed by atoms with E-state index in [0.717, 1.165) is 29.1 Å². The van der Waals surface area contributed by atoms with Crippen LogP contribution in [0.4, 0.5) is 11.4 Å². The predicted octanol–water partition coefficient (Wildman–Crippen LogP) is 14.1. The molecule has 51 heavy (non-hydrogen) atoms. The van der Waals surface area contributed by atoms with E-state index in [1.54, 1.807) is 11.8 Å². The smallest absolute Gasteiger partial charge is 0.0476 e. The third-order valence-corrected chi connectivity index (χ3v) is 12.4. The van der Waals surface area contributed by atoms with Crippen LogP contribution in [0.15, 0.2) is 180 Å². The highest BCUT2D eigenvalue weighted by molar-refractivity contribution is 8.02. The Morgan fingerprint density at radius 2 is 1.37 bits per heavy atom. The lowest BCUT2D eigenvalue weighted by atomic mass is 9.82. The SMILES string of the molecule is C=C1/C=C(N(c2ccc(C3C=Cc4c(ccc5ccc6ccccc6c45)C3)cc2)c2ccc3c(c2)sc2ccccc23)\C=C/Sc2ccccc21. The molecule has 0 saturated carbocycles. The molecule has 1 aromatic heterocycles. The molecule has 1 nitrogen and oxygen atoms in total. The number of hydrogen-bond donors (Lipinski definition) is 0. The van der Waals surface area contributed by atoms with Crippen molar-refractivity contribution in [3.63, 3.8) is 0 Å². The lowest BCUT2D eigenvalue weighted by molar-refractivity contribution is 0.829. The fraction of sp³-hybridized carbons (Fsp3) is 0.0417. The van der Waals surface area contributed by atoms with Crippen molar-refractivity contribution in [1.29, 1.82) is 0 Å². The predicted molar refractivity (Wildman–Crippen MR) is 223 cm³/mol. The lowest BCUT2D eigenvalue weighted by Gasteiger charge is -2.28. The molecule has 2 heterocycles. The van der Waals surface area contributed by atoms with Gasteiger partial charge in [-0.05, 0) is 110 Å². The molecule has 0 saturated heterocycles. The van der Waals surface area contributed by atoms with Gasteiger partial charge in [0.05, 0.1) is 0 Å². The Labute approximate surface area is 306 Å². The van der Waals surface area contributed by atoms with Crippen molar-refractivity contribution in [2.24, 2.45) is 0 Å². The van der Waals surface area contributed by atoms with Gasteiger partial charge < -0.3 is 4.90 Å². The minimum absolute atomic E-state index is 0.315. The van der Waals surface area contributed by atoms with Crippen molar-refractivity contribution in [3.8, 4) is 0 Å². The van der Waals surface area contributed by atoms with E-state index in [-0.39, 0.29) is 0 Å². The van der Waals surface area contributed by atoms with Gasteiger partial charge in [0.15, 0.2) is 0 Å². The number of anilines is 2. The summed E-state index contributed by atoms with van der Waals surface area (Å²) in [4.78, 5) is 3.60. The van der Waals surface area contributed by atoms with E-state index in [9.17, 15) is 0 Å². The van der Waals surface area contributed by atoms with Crippen molar-refractivity contribution in [2.45, 2.75) is 17.2 Å². The molecule has 2 aliphatic rings. The van der Waals surface area contributed by atoms with Gasteiger partial charge in [-0.3, -0.25) is 0 Å². The summed E-state index contributed by atoms with van der Waals surface area (Å²) in [5.41, 5.74) is 9.63. The fourth-order valence-electron chi connectivity index (χ4n) is 7.91. The highest BCUT2D eigenvalue weighted by Gasteiger charge is 2.21. The van der Waals surface area contributed by atoms with Gasteiger partial charge in [-0.15, -0.1) is 11.3 Å². The average Bonchev–Trinajstić information content (AvgIpc) is 3.55. The van der Waals surface area contributed by atoms with Crippen LogP contribution >= 0.6 is 23.1 Å². The summed E-state index contributed by atoms with van der Waals surface area (Å²) in [5, 5.41) is 10.1. The van der Waals surface area contributed by atoms with Crippen LogP contribution in [0.25, 0.3) is 53.4 Å². The van der Waals surface area contributed by atoms with Crippen LogP contribution < -0.4 is 4.90 Å². The zero-order valence-corrected chi connectivity index (χ0v) is 29.6.